The molecule has 122 valence electrons. The van der Waals surface area contributed by atoms with E-state index in [9.17, 15) is 18.0 Å². The van der Waals surface area contributed by atoms with Crippen molar-refractivity contribution in [1.82, 2.24) is 10.3 Å². The van der Waals surface area contributed by atoms with Crippen LogP contribution in [-0.4, -0.2) is 10.9 Å². The van der Waals surface area contributed by atoms with Crippen molar-refractivity contribution in [2.75, 3.05) is 0 Å². The van der Waals surface area contributed by atoms with Gasteiger partial charge in [0.1, 0.15) is 5.69 Å². The molecule has 0 saturated carbocycles. The number of hydrogen-bond acceptors (Lipinski definition) is 2. The highest BCUT2D eigenvalue weighted by atomic mass is 19.4. The van der Waals surface area contributed by atoms with Crippen LogP contribution in [0.1, 0.15) is 21.6 Å². The molecule has 0 bridgehead atoms. The molecule has 1 heterocycles. The number of alkyl halides is 3. The van der Waals surface area contributed by atoms with Crippen molar-refractivity contribution < 1.29 is 18.0 Å². The number of pyridine rings is 1. The normalized spacial score (nSPS) is 11.5. The first-order valence-corrected chi connectivity index (χ1v) is 7.23. The Morgan fingerprint density at radius 3 is 2.58 bits per heavy atom. The lowest BCUT2D eigenvalue weighted by Crippen LogP contribution is -2.24. The van der Waals surface area contributed by atoms with Gasteiger partial charge in [0.15, 0.2) is 0 Å². The lowest BCUT2D eigenvalue weighted by Gasteiger charge is -2.09. The van der Waals surface area contributed by atoms with Crippen LogP contribution in [0, 0.1) is 0 Å². The molecule has 3 rings (SSSR count). The fraction of sp³-hybridized carbons (Fsp3) is 0.111. The van der Waals surface area contributed by atoms with E-state index < -0.39 is 17.6 Å². The summed E-state index contributed by atoms with van der Waals surface area (Å²) in [6.45, 7) is -0.00272. The van der Waals surface area contributed by atoms with Crippen LogP contribution in [0.25, 0.3) is 10.9 Å². The zero-order chi connectivity index (χ0) is 17.2. The molecular formula is C18H13F3N2O. The molecular weight excluding hydrogens is 317 g/mol. The minimum Gasteiger partial charge on any atom is -0.347 e. The Bertz CT molecular complexity index is 891. The lowest BCUT2D eigenvalue weighted by atomic mass is 10.1. The van der Waals surface area contributed by atoms with Crippen molar-refractivity contribution >= 4 is 16.8 Å². The number of carbonyl (C=O) groups excluding carboxylic acids is 1. The molecule has 3 nitrogen and oxygen atoms in total. The summed E-state index contributed by atoms with van der Waals surface area (Å²) in [5.74, 6) is -0.432. The minimum atomic E-state index is -4.40. The predicted octanol–water partition coefficient (Wildman–Crippen LogP) is 4.18. The van der Waals surface area contributed by atoms with Gasteiger partial charge in [-0.25, -0.2) is 4.98 Å². The van der Waals surface area contributed by atoms with Crippen LogP contribution in [-0.2, 0) is 12.7 Å². The third-order valence-corrected chi connectivity index (χ3v) is 3.54. The molecule has 0 unspecified atom stereocenters. The van der Waals surface area contributed by atoms with E-state index >= 15 is 0 Å². The van der Waals surface area contributed by atoms with E-state index in [2.05, 4.69) is 10.3 Å². The summed E-state index contributed by atoms with van der Waals surface area (Å²) in [5, 5.41) is 3.50. The molecule has 1 N–H and O–H groups in total. The van der Waals surface area contributed by atoms with Crippen molar-refractivity contribution in [1.29, 1.82) is 0 Å². The maximum atomic E-state index is 12.7. The van der Waals surface area contributed by atoms with Gasteiger partial charge in [-0.1, -0.05) is 36.4 Å². The minimum absolute atomic E-state index is 0.00272. The standard InChI is InChI=1S/C18H13F3N2O/c19-18(20,21)14-6-3-4-12(10-14)11-22-17(24)16-9-8-13-5-1-2-7-15(13)23-16/h1-10H,11H2,(H,22,24). The lowest BCUT2D eigenvalue weighted by molar-refractivity contribution is -0.137. The van der Waals surface area contributed by atoms with Gasteiger partial charge in [0.05, 0.1) is 11.1 Å². The van der Waals surface area contributed by atoms with Gasteiger partial charge in [-0.2, -0.15) is 13.2 Å². The van der Waals surface area contributed by atoms with Crippen molar-refractivity contribution in [3.63, 3.8) is 0 Å². The molecule has 0 radical (unpaired) electrons. The zero-order valence-corrected chi connectivity index (χ0v) is 12.5. The molecule has 0 aliphatic heterocycles. The number of para-hydroxylation sites is 1. The SMILES string of the molecule is O=C(NCc1cccc(C(F)(F)F)c1)c1ccc2ccccc2n1. The van der Waals surface area contributed by atoms with Gasteiger partial charge in [0.25, 0.3) is 5.91 Å². The number of carbonyl (C=O) groups is 1. The third-order valence-electron chi connectivity index (χ3n) is 3.54. The predicted molar refractivity (Wildman–Crippen MR) is 84.4 cm³/mol. The van der Waals surface area contributed by atoms with E-state index in [0.29, 0.717) is 11.1 Å². The van der Waals surface area contributed by atoms with Crippen molar-refractivity contribution in [2.45, 2.75) is 12.7 Å². The van der Waals surface area contributed by atoms with Gasteiger partial charge in [-0.3, -0.25) is 4.79 Å². The number of fused-ring (bicyclic) bond motifs is 1. The Hall–Kier alpha value is -2.89. The number of nitrogens with one attached hydrogen (secondary N) is 1. The molecule has 0 saturated heterocycles. The molecule has 1 amide bonds. The van der Waals surface area contributed by atoms with Crippen LogP contribution < -0.4 is 5.32 Å². The summed E-state index contributed by atoms with van der Waals surface area (Å²) in [4.78, 5) is 16.4. The molecule has 6 heteroatoms. The highest BCUT2D eigenvalue weighted by Gasteiger charge is 2.30. The highest BCUT2D eigenvalue weighted by Crippen LogP contribution is 2.29. The maximum absolute atomic E-state index is 12.7. The van der Waals surface area contributed by atoms with Gasteiger partial charge >= 0.3 is 6.18 Å². The number of rotatable bonds is 3. The molecule has 3 aromatic rings. The Labute approximate surface area is 136 Å². The number of benzene rings is 2. The fourth-order valence-corrected chi connectivity index (χ4v) is 2.32. The second-order valence-electron chi connectivity index (χ2n) is 5.27. The second kappa shape index (κ2) is 6.31. The van der Waals surface area contributed by atoms with E-state index in [1.165, 1.54) is 12.1 Å². The quantitative estimate of drug-likeness (QED) is 0.783. The van der Waals surface area contributed by atoms with E-state index in [0.717, 1.165) is 17.5 Å². The van der Waals surface area contributed by atoms with Gasteiger partial charge < -0.3 is 5.32 Å². The third kappa shape index (κ3) is 3.53. The zero-order valence-electron chi connectivity index (χ0n) is 12.5. The molecule has 0 aliphatic carbocycles. The molecule has 2 aromatic carbocycles. The van der Waals surface area contributed by atoms with Crippen LogP contribution in [0.4, 0.5) is 13.2 Å². The topological polar surface area (TPSA) is 42.0 Å². The Morgan fingerprint density at radius 1 is 1.00 bits per heavy atom. The smallest absolute Gasteiger partial charge is 0.347 e. The summed E-state index contributed by atoms with van der Waals surface area (Å²) in [6, 6.07) is 15.6. The van der Waals surface area contributed by atoms with Crippen LogP contribution in [0.3, 0.4) is 0 Å². The highest BCUT2D eigenvalue weighted by molar-refractivity contribution is 5.94. The van der Waals surface area contributed by atoms with E-state index in [-0.39, 0.29) is 12.2 Å². The second-order valence-corrected chi connectivity index (χ2v) is 5.27. The molecule has 0 aliphatic rings. The summed E-state index contributed by atoms with van der Waals surface area (Å²) >= 11 is 0. The fourth-order valence-electron chi connectivity index (χ4n) is 2.32. The number of halogens is 3. The molecule has 24 heavy (non-hydrogen) atoms. The number of amides is 1. The molecule has 1 aromatic heterocycles. The first kappa shape index (κ1) is 16.0. The van der Waals surface area contributed by atoms with Gasteiger partial charge in [-0.15, -0.1) is 0 Å². The number of aromatic nitrogens is 1. The molecule has 0 spiro atoms. The largest absolute Gasteiger partial charge is 0.416 e. The number of nitrogens with zero attached hydrogens (tertiary/aromatic N) is 1. The summed E-state index contributed by atoms with van der Waals surface area (Å²) in [6.07, 6.45) is -4.40. The number of hydrogen-bond donors (Lipinski definition) is 1. The van der Waals surface area contributed by atoms with Gasteiger partial charge in [0, 0.05) is 11.9 Å². The Balaban J connectivity index is 1.73. The first-order valence-electron chi connectivity index (χ1n) is 7.23. The van der Waals surface area contributed by atoms with Crippen LogP contribution in [0.5, 0.6) is 0 Å². The van der Waals surface area contributed by atoms with Gasteiger partial charge in [0.2, 0.25) is 0 Å². The van der Waals surface area contributed by atoms with Crippen molar-refractivity contribution in [3.05, 3.63) is 77.5 Å². The van der Waals surface area contributed by atoms with E-state index in [4.69, 9.17) is 0 Å². The van der Waals surface area contributed by atoms with E-state index in [1.54, 1.807) is 18.2 Å². The van der Waals surface area contributed by atoms with Crippen LogP contribution >= 0.6 is 0 Å². The van der Waals surface area contributed by atoms with Crippen LogP contribution in [0.15, 0.2) is 60.7 Å². The average molecular weight is 330 g/mol. The Morgan fingerprint density at radius 2 is 1.79 bits per heavy atom. The van der Waals surface area contributed by atoms with Gasteiger partial charge in [-0.05, 0) is 29.8 Å². The maximum Gasteiger partial charge on any atom is 0.416 e. The Kier molecular flexibility index (Phi) is 4.20. The first-order chi connectivity index (χ1) is 11.4. The van der Waals surface area contributed by atoms with Crippen LogP contribution in [0.2, 0.25) is 0 Å². The monoisotopic (exact) mass is 330 g/mol. The summed E-state index contributed by atoms with van der Waals surface area (Å²) in [7, 11) is 0. The molecule has 0 fully saturated rings. The summed E-state index contributed by atoms with van der Waals surface area (Å²) in [5.41, 5.74) is 0.543. The average Bonchev–Trinajstić information content (AvgIpc) is 2.59. The molecule has 0 atom stereocenters. The van der Waals surface area contributed by atoms with Crippen molar-refractivity contribution in [2.24, 2.45) is 0 Å². The van der Waals surface area contributed by atoms with Crippen molar-refractivity contribution in [3.8, 4) is 0 Å². The van der Waals surface area contributed by atoms with E-state index in [1.807, 2.05) is 18.2 Å². The summed E-state index contributed by atoms with van der Waals surface area (Å²) < 4.78 is 38.0.